The molecule has 0 aliphatic carbocycles. The quantitative estimate of drug-likeness (QED) is 0.382. The third-order valence-corrected chi connectivity index (χ3v) is 6.64. The first kappa shape index (κ1) is 21.7. The summed E-state index contributed by atoms with van der Waals surface area (Å²) in [6.45, 7) is 6.24. The Balaban J connectivity index is 1.61. The number of furan rings is 1. The van der Waals surface area contributed by atoms with E-state index in [-0.39, 0.29) is 5.76 Å². The largest absolute Gasteiger partial charge is 0.433 e. The number of benzene rings is 1. The van der Waals surface area contributed by atoms with E-state index in [2.05, 4.69) is 9.88 Å². The van der Waals surface area contributed by atoms with Gasteiger partial charge in [0.15, 0.2) is 10.9 Å². The number of nitro groups is 1. The fourth-order valence-electron chi connectivity index (χ4n) is 3.44. The van der Waals surface area contributed by atoms with Crippen molar-refractivity contribution in [3.8, 4) is 0 Å². The smallest absolute Gasteiger partial charge is 0.395 e. The van der Waals surface area contributed by atoms with Gasteiger partial charge in [-0.15, -0.1) is 0 Å². The molecule has 0 saturated carbocycles. The summed E-state index contributed by atoms with van der Waals surface area (Å²) in [6.07, 6.45) is 0.706. The van der Waals surface area contributed by atoms with Crippen LogP contribution in [-0.2, 0) is 4.74 Å². The Morgan fingerprint density at radius 2 is 2.10 bits per heavy atom. The molecule has 3 aromatic rings. The molecule has 0 unspecified atom stereocenters. The molecule has 1 saturated heterocycles. The summed E-state index contributed by atoms with van der Waals surface area (Å²) in [7, 11) is 0. The number of rotatable bonds is 7. The summed E-state index contributed by atoms with van der Waals surface area (Å²) in [5, 5.41) is 12.0. The molecule has 4 rings (SSSR count). The number of hydrogen-bond acceptors (Lipinski definition) is 8. The van der Waals surface area contributed by atoms with Crippen LogP contribution in [0, 0.1) is 17.0 Å². The molecule has 0 radical (unpaired) electrons. The lowest BCUT2D eigenvalue weighted by atomic mass is 10.2. The van der Waals surface area contributed by atoms with Crippen LogP contribution in [0.1, 0.15) is 22.5 Å². The first-order valence-electron chi connectivity index (χ1n) is 9.86. The zero-order valence-corrected chi connectivity index (χ0v) is 18.4. The molecule has 0 N–H and O–H groups in total. The van der Waals surface area contributed by atoms with Gasteiger partial charge in [-0.25, -0.2) is 4.98 Å². The second-order valence-electron chi connectivity index (χ2n) is 7.20. The molecule has 31 heavy (non-hydrogen) atoms. The molecule has 1 aliphatic heterocycles. The van der Waals surface area contributed by atoms with Crippen LogP contribution in [0.4, 0.5) is 11.0 Å². The maximum Gasteiger partial charge on any atom is 0.433 e. The van der Waals surface area contributed by atoms with E-state index in [0.29, 0.717) is 36.3 Å². The van der Waals surface area contributed by atoms with Crippen molar-refractivity contribution in [3.05, 3.63) is 50.7 Å². The summed E-state index contributed by atoms with van der Waals surface area (Å²) in [4.78, 5) is 32.0. The SMILES string of the molecule is Cc1ccc(Cl)c2sc(N(CCCN3CCOCC3)C(=O)c3ccc([N+](=O)[O-])o3)nc12. The van der Waals surface area contributed by atoms with Gasteiger partial charge >= 0.3 is 5.88 Å². The molecule has 0 atom stereocenters. The highest BCUT2D eigenvalue weighted by atomic mass is 35.5. The van der Waals surface area contributed by atoms with Crippen molar-refractivity contribution >= 4 is 50.1 Å². The molecule has 1 aromatic carbocycles. The minimum atomic E-state index is -0.666. The van der Waals surface area contributed by atoms with E-state index in [4.69, 9.17) is 20.8 Å². The van der Waals surface area contributed by atoms with Crippen LogP contribution in [0.3, 0.4) is 0 Å². The van der Waals surface area contributed by atoms with Crippen LogP contribution >= 0.6 is 22.9 Å². The Labute approximate surface area is 187 Å². The zero-order valence-electron chi connectivity index (χ0n) is 16.9. The summed E-state index contributed by atoms with van der Waals surface area (Å²) in [5.41, 5.74) is 1.69. The highest BCUT2D eigenvalue weighted by Gasteiger charge is 2.27. The number of amides is 1. The number of aryl methyl sites for hydroxylation is 1. The van der Waals surface area contributed by atoms with E-state index < -0.39 is 16.7 Å². The van der Waals surface area contributed by atoms with Crippen molar-refractivity contribution in [3.63, 3.8) is 0 Å². The van der Waals surface area contributed by atoms with Crippen LogP contribution in [0.25, 0.3) is 10.2 Å². The Morgan fingerprint density at radius 1 is 1.32 bits per heavy atom. The molecule has 2 aromatic heterocycles. The van der Waals surface area contributed by atoms with Gasteiger partial charge in [0.2, 0.25) is 0 Å². The second kappa shape index (κ2) is 9.31. The van der Waals surface area contributed by atoms with Crippen LogP contribution in [0.2, 0.25) is 5.02 Å². The molecule has 1 amide bonds. The molecular weight excluding hydrogens is 444 g/mol. The monoisotopic (exact) mass is 464 g/mol. The number of carbonyl (C=O) groups excluding carboxylic acids is 1. The van der Waals surface area contributed by atoms with Crippen molar-refractivity contribution in [1.29, 1.82) is 0 Å². The summed E-state index contributed by atoms with van der Waals surface area (Å²) >= 11 is 7.66. The van der Waals surface area contributed by atoms with Gasteiger partial charge in [-0.2, -0.15) is 0 Å². The number of carbonyl (C=O) groups is 1. The molecule has 164 valence electrons. The van der Waals surface area contributed by atoms with Crippen LogP contribution in [0.15, 0.2) is 28.7 Å². The summed E-state index contributed by atoms with van der Waals surface area (Å²) < 4.78 is 11.3. The minimum absolute atomic E-state index is 0.0971. The van der Waals surface area contributed by atoms with Crippen LogP contribution in [0.5, 0.6) is 0 Å². The molecule has 0 spiro atoms. The number of fused-ring (bicyclic) bond motifs is 1. The van der Waals surface area contributed by atoms with E-state index in [9.17, 15) is 14.9 Å². The lowest BCUT2D eigenvalue weighted by molar-refractivity contribution is -0.402. The third-order valence-electron chi connectivity index (χ3n) is 5.10. The number of aromatic nitrogens is 1. The normalized spacial score (nSPS) is 14.8. The Hall–Kier alpha value is -2.53. The summed E-state index contributed by atoms with van der Waals surface area (Å²) in [5.74, 6) is -1.04. The highest BCUT2D eigenvalue weighted by Crippen LogP contribution is 2.36. The molecule has 3 heterocycles. The van der Waals surface area contributed by atoms with Gasteiger partial charge in [0, 0.05) is 26.2 Å². The van der Waals surface area contributed by atoms with E-state index in [1.54, 1.807) is 0 Å². The van der Waals surface area contributed by atoms with Gasteiger partial charge in [0.05, 0.1) is 34.5 Å². The standard InChI is InChI=1S/C20H21ClN4O5S/c1-13-3-4-14(21)18-17(13)22-20(31-18)24(8-2-7-23-9-11-29-12-10-23)19(26)15-5-6-16(30-15)25(27)28/h3-6H,2,7-12H2,1H3. The highest BCUT2D eigenvalue weighted by molar-refractivity contribution is 7.23. The van der Waals surface area contributed by atoms with Gasteiger partial charge in [0.25, 0.3) is 5.91 Å². The number of halogens is 1. The fourth-order valence-corrected chi connectivity index (χ4v) is 4.78. The number of nitrogens with zero attached hydrogens (tertiary/aromatic N) is 4. The fraction of sp³-hybridized carbons (Fsp3) is 0.400. The van der Waals surface area contributed by atoms with E-state index in [1.807, 2.05) is 19.1 Å². The van der Waals surface area contributed by atoms with Gasteiger partial charge < -0.3 is 9.15 Å². The number of morpholine rings is 1. The second-order valence-corrected chi connectivity index (χ2v) is 8.58. The van der Waals surface area contributed by atoms with E-state index >= 15 is 0 Å². The van der Waals surface area contributed by atoms with E-state index in [1.165, 1.54) is 28.4 Å². The number of ether oxygens (including phenoxy) is 1. The minimum Gasteiger partial charge on any atom is -0.395 e. The maximum atomic E-state index is 13.2. The van der Waals surface area contributed by atoms with Gasteiger partial charge in [-0.1, -0.05) is 29.0 Å². The van der Waals surface area contributed by atoms with Crippen molar-refractivity contribution in [2.45, 2.75) is 13.3 Å². The Morgan fingerprint density at radius 3 is 2.77 bits per heavy atom. The third kappa shape index (κ3) is 4.72. The van der Waals surface area contributed by atoms with Gasteiger partial charge in [-0.05, 0) is 31.0 Å². The first-order chi connectivity index (χ1) is 14.9. The van der Waals surface area contributed by atoms with Crippen LogP contribution in [-0.4, -0.2) is 60.1 Å². The molecule has 1 fully saturated rings. The van der Waals surface area contributed by atoms with E-state index in [0.717, 1.165) is 35.4 Å². The predicted molar refractivity (Wildman–Crippen MR) is 118 cm³/mol. The van der Waals surface area contributed by atoms with Crippen molar-refractivity contribution in [1.82, 2.24) is 9.88 Å². The Kier molecular flexibility index (Phi) is 6.51. The van der Waals surface area contributed by atoms with Gasteiger partial charge in [-0.3, -0.25) is 24.7 Å². The molecule has 9 nitrogen and oxygen atoms in total. The number of thiazole rings is 1. The predicted octanol–water partition coefficient (Wildman–Crippen LogP) is 4.13. The van der Waals surface area contributed by atoms with Crippen molar-refractivity contribution in [2.24, 2.45) is 0 Å². The van der Waals surface area contributed by atoms with Gasteiger partial charge in [0.1, 0.15) is 4.92 Å². The maximum absolute atomic E-state index is 13.2. The lowest BCUT2D eigenvalue weighted by Crippen LogP contribution is -2.39. The molecular formula is C20H21ClN4O5S. The van der Waals surface area contributed by atoms with Crippen molar-refractivity contribution < 1.29 is 18.9 Å². The molecule has 0 bridgehead atoms. The topological polar surface area (TPSA) is 102 Å². The number of anilines is 1. The van der Waals surface area contributed by atoms with Crippen LogP contribution < -0.4 is 4.90 Å². The average Bonchev–Trinajstić information content (AvgIpc) is 3.43. The molecule has 1 aliphatic rings. The summed E-state index contributed by atoms with van der Waals surface area (Å²) in [6, 6.07) is 6.19. The number of hydrogen-bond donors (Lipinski definition) is 0. The first-order valence-corrected chi connectivity index (χ1v) is 11.1. The van der Waals surface area contributed by atoms with Crippen molar-refractivity contribution in [2.75, 3.05) is 44.3 Å². The molecule has 11 heteroatoms. The zero-order chi connectivity index (χ0) is 22.0. The lowest BCUT2D eigenvalue weighted by Gasteiger charge is -2.27. The average molecular weight is 465 g/mol. The Bertz CT molecular complexity index is 1070.